The molecule has 0 aliphatic carbocycles. The van der Waals surface area contributed by atoms with Gasteiger partial charge >= 0.3 is 0 Å². The maximum absolute atomic E-state index is 14.6. The Labute approximate surface area is 174 Å². The number of rotatable bonds is 8. The van der Waals surface area contributed by atoms with E-state index in [0.717, 1.165) is 18.9 Å². The van der Waals surface area contributed by atoms with E-state index in [1.54, 1.807) is 42.5 Å². The zero-order valence-corrected chi connectivity index (χ0v) is 16.9. The SMILES string of the molecule is CCCCOc1ccc(C(=O)Nc2c(F)cc(F)cc2-c2ccccc2)cc1OC. The van der Waals surface area contributed by atoms with Crippen LogP contribution in [0.5, 0.6) is 11.5 Å². The molecule has 0 bridgehead atoms. The van der Waals surface area contributed by atoms with E-state index in [1.807, 2.05) is 0 Å². The van der Waals surface area contributed by atoms with Crippen molar-refractivity contribution in [3.63, 3.8) is 0 Å². The lowest BCUT2D eigenvalue weighted by Gasteiger charge is -2.15. The normalized spacial score (nSPS) is 10.5. The molecule has 0 saturated heterocycles. The fourth-order valence-corrected chi connectivity index (χ4v) is 2.99. The molecule has 0 radical (unpaired) electrons. The summed E-state index contributed by atoms with van der Waals surface area (Å²) in [6.45, 7) is 2.60. The van der Waals surface area contributed by atoms with Gasteiger partial charge in [-0.2, -0.15) is 0 Å². The number of methoxy groups -OCH3 is 1. The van der Waals surface area contributed by atoms with Gasteiger partial charge in [-0.1, -0.05) is 43.7 Å². The highest BCUT2D eigenvalue weighted by atomic mass is 19.1. The van der Waals surface area contributed by atoms with E-state index in [9.17, 15) is 13.6 Å². The second-order valence-corrected chi connectivity index (χ2v) is 6.70. The van der Waals surface area contributed by atoms with Gasteiger partial charge in [0.15, 0.2) is 11.5 Å². The highest BCUT2D eigenvalue weighted by molar-refractivity contribution is 6.06. The van der Waals surface area contributed by atoms with Gasteiger partial charge in [0.05, 0.1) is 19.4 Å². The zero-order chi connectivity index (χ0) is 21.5. The molecule has 0 unspecified atom stereocenters. The molecule has 1 N–H and O–H groups in total. The first-order valence-corrected chi connectivity index (χ1v) is 9.70. The summed E-state index contributed by atoms with van der Waals surface area (Å²) in [5.74, 6) is -1.19. The predicted octanol–water partition coefficient (Wildman–Crippen LogP) is 6.07. The van der Waals surface area contributed by atoms with Crippen molar-refractivity contribution < 1.29 is 23.0 Å². The van der Waals surface area contributed by atoms with Crippen LogP contribution in [0.2, 0.25) is 0 Å². The first-order chi connectivity index (χ1) is 14.5. The molecule has 4 nitrogen and oxygen atoms in total. The Morgan fingerprint density at radius 3 is 2.47 bits per heavy atom. The topological polar surface area (TPSA) is 47.6 Å². The highest BCUT2D eigenvalue weighted by Gasteiger charge is 2.18. The standard InChI is InChI=1S/C24H23F2NO3/c1-3-4-12-30-21-11-10-17(13-22(21)29-2)24(28)27-23-19(14-18(25)15-20(23)26)16-8-6-5-7-9-16/h5-11,13-15H,3-4,12H2,1-2H3,(H,27,28). The quantitative estimate of drug-likeness (QED) is 0.458. The molecule has 0 fully saturated rings. The lowest BCUT2D eigenvalue weighted by Crippen LogP contribution is -2.14. The van der Waals surface area contributed by atoms with Crippen molar-refractivity contribution in [2.24, 2.45) is 0 Å². The predicted molar refractivity (Wildman–Crippen MR) is 113 cm³/mol. The largest absolute Gasteiger partial charge is 0.493 e. The summed E-state index contributed by atoms with van der Waals surface area (Å²) in [6.07, 6.45) is 1.90. The number of halogens is 2. The first kappa shape index (κ1) is 21.3. The molecule has 3 aromatic rings. The minimum absolute atomic E-state index is 0.0881. The number of hydrogen-bond acceptors (Lipinski definition) is 3. The van der Waals surface area contributed by atoms with Gasteiger partial charge in [0.1, 0.15) is 11.6 Å². The number of unbranched alkanes of at least 4 members (excludes halogenated alkanes) is 1. The minimum Gasteiger partial charge on any atom is -0.493 e. The molecule has 156 valence electrons. The number of amides is 1. The fourth-order valence-electron chi connectivity index (χ4n) is 2.99. The molecule has 0 heterocycles. The van der Waals surface area contributed by atoms with Crippen LogP contribution in [0.4, 0.5) is 14.5 Å². The summed E-state index contributed by atoms with van der Waals surface area (Å²) in [5, 5.41) is 2.57. The van der Waals surface area contributed by atoms with Crippen molar-refractivity contribution in [3.05, 3.63) is 77.9 Å². The average Bonchev–Trinajstić information content (AvgIpc) is 2.76. The van der Waals surface area contributed by atoms with E-state index in [4.69, 9.17) is 9.47 Å². The van der Waals surface area contributed by atoms with Crippen LogP contribution in [0.1, 0.15) is 30.1 Å². The maximum Gasteiger partial charge on any atom is 0.255 e. The van der Waals surface area contributed by atoms with Gasteiger partial charge in [-0.25, -0.2) is 8.78 Å². The molecule has 6 heteroatoms. The molecular weight excluding hydrogens is 388 g/mol. The van der Waals surface area contributed by atoms with Crippen molar-refractivity contribution in [1.29, 1.82) is 0 Å². The third kappa shape index (κ3) is 4.95. The summed E-state index contributed by atoms with van der Waals surface area (Å²) in [5.41, 5.74) is 1.02. The van der Waals surface area contributed by atoms with Gasteiger partial charge in [0, 0.05) is 17.2 Å². The summed E-state index contributed by atoms with van der Waals surface area (Å²) < 4.78 is 39.4. The molecule has 30 heavy (non-hydrogen) atoms. The van der Waals surface area contributed by atoms with Gasteiger partial charge in [0.2, 0.25) is 0 Å². The second kappa shape index (κ2) is 9.87. The molecule has 0 atom stereocenters. The van der Waals surface area contributed by atoms with Crippen LogP contribution in [0, 0.1) is 11.6 Å². The Morgan fingerprint density at radius 2 is 1.77 bits per heavy atom. The fraction of sp³-hybridized carbons (Fsp3) is 0.208. The van der Waals surface area contributed by atoms with Gasteiger partial charge in [-0.3, -0.25) is 4.79 Å². The third-order valence-corrected chi connectivity index (χ3v) is 4.56. The molecule has 1 amide bonds. The van der Waals surface area contributed by atoms with Crippen LogP contribution < -0.4 is 14.8 Å². The third-order valence-electron chi connectivity index (χ3n) is 4.56. The van der Waals surface area contributed by atoms with Crippen LogP contribution in [-0.2, 0) is 0 Å². The van der Waals surface area contributed by atoms with Crippen molar-refractivity contribution in [1.82, 2.24) is 0 Å². The van der Waals surface area contributed by atoms with Crippen LogP contribution in [0.25, 0.3) is 11.1 Å². The van der Waals surface area contributed by atoms with Crippen molar-refractivity contribution in [3.8, 4) is 22.6 Å². The second-order valence-electron chi connectivity index (χ2n) is 6.70. The minimum atomic E-state index is -0.853. The van der Waals surface area contributed by atoms with E-state index in [1.165, 1.54) is 19.2 Å². The van der Waals surface area contributed by atoms with E-state index < -0.39 is 17.5 Å². The number of carbonyl (C=O) groups excluding carboxylic acids is 1. The summed E-state index contributed by atoms with van der Waals surface area (Å²) in [4.78, 5) is 12.8. The summed E-state index contributed by atoms with van der Waals surface area (Å²) in [6, 6.07) is 15.4. The van der Waals surface area contributed by atoms with Crippen LogP contribution >= 0.6 is 0 Å². The first-order valence-electron chi connectivity index (χ1n) is 9.70. The van der Waals surface area contributed by atoms with E-state index in [2.05, 4.69) is 12.2 Å². The molecule has 0 spiro atoms. The smallest absolute Gasteiger partial charge is 0.255 e. The Balaban J connectivity index is 1.89. The molecular formula is C24H23F2NO3. The van der Waals surface area contributed by atoms with E-state index in [-0.39, 0.29) is 16.8 Å². The molecule has 0 aliphatic heterocycles. The Kier molecular flexibility index (Phi) is 7.01. The molecule has 3 aromatic carbocycles. The Bertz CT molecular complexity index is 1020. The monoisotopic (exact) mass is 411 g/mol. The number of carbonyl (C=O) groups is 1. The van der Waals surface area contributed by atoms with E-state index in [0.29, 0.717) is 23.7 Å². The zero-order valence-electron chi connectivity index (χ0n) is 16.9. The van der Waals surface area contributed by atoms with Crippen molar-refractivity contribution >= 4 is 11.6 Å². The van der Waals surface area contributed by atoms with Crippen molar-refractivity contribution in [2.75, 3.05) is 19.0 Å². The number of hydrogen-bond donors (Lipinski definition) is 1. The lowest BCUT2D eigenvalue weighted by atomic mass is 10.0. The highest BCUT2D eigenvalue weighted by Crippen LogP contribution is 2.33. The molecule has 0 aromatic heterocycles. The number of anilines is 1. The van der Waals surface area contributed by atoms with Crippen LogP contribution in [0.3, 0.4) is 0 Å². The van der Waals surface area contributed by atoms with Crippen LogP contribution in [-0.4, -0.2) is 19.6 Å². The number of benzene rings is 3. The Hall–Kier alpha value is -3.41. The molecule has 0 aliphatic rings. The van der Waals surface area contributed by atoms with Gasteiger partial charge in [0.25, 0.3) is 5.91 Å². The Morgan fingerprint density at radius 1 is 1.00 bits per heavy atom. The summed E-state index contributed by atoms with van der Waals surface area (Å²) >= 11 is 0. The van der Waals surface area contributed by atoms with Gasteiger partial charge < -0.3 is 14.8 Å². The summed E-state index contributed by atoms with van der Waals surface area (Å²) in [7, 11) is 1.48. The van der Waals surface area contributed by atoms with Gasteiger partial charge in [-0.05, 0) is 36.2 Å². The van der Waals surface area contributed by atoms with E-state index >= 15 is 0 Å². The lowest BCUT2D eigenvalue weighted by molar-refractivity contribution is 0.102. The van der Waals surface area contributed by atoms with Gasteiger partial charge in [-0.15, -0.1) is 0 Å². The average molecular weight is 411 g/mol. The molecule has 3 rings (SSSR count). The maximum atomic E-state index is 14.6. The van der Waals surface area contributed by atoms with Crippen molar-refractivity contribution in [2.45, 2.75) is 19.8 Å². The van der Waals surface area contributed by atoms with Crippen LogP contribution in [0.15, 0.2) is 60.7 Å². The number of ether oxygens (including phenoxy) is 2. The molecule has 0 saturated carbocycles. The number of nitrogens with one attached hydrogen (secondary N) is 1.